The summed E-state index contributed by atoms with van der Waals surface area (Å²) in [5, 5.41) is 17.0. The number of rotatable bonds is 5. The van der Waals surface area contributed by atoms with Gasteiger partial charge in [-0.05, 0) is 45.6 Å². The monoisotopic (exact) mass is 455 g/mol. The largest absolute Gasteiger partial charge is 0.487 e. The highest BCUT2D eigenvalue weighted by Gasteiger charge is 2.57. The van der Waals surface area contributed by atoms with Gasteiger partial charge in [0.05, 0.1) is 24.7 Å². The van der Waals surface area contributed by atoms with Crippen LogP contribution in [0, 0.1) is 12.8 Å². The number of carboxylic acid groups (broad SMARTS) is 1. The number of hydrogen-bond donors (Lipinski definition) is 1. The van der Waals surface area contributed by atoms with Gasteiger partial charge in [-0.25, -0.2) is 4.63 Å². The highest BCUT2D eigenvalue weighted by atomic mass is 16.6. The minimum Gasteiger partial charge on any atom is -0.487 e. The summed E-state index contributed by atoms with van der Waals surface area (Å²) in [4.78, 5) is 26.7. The van der Waals surface area contributed by atoms with Crippen molar-refractivity contribution < 1.29 is 28.8 Å². The van der Waals surface area contributed by atoms with E-state index in [9.17, 15) is 14.7 Å². The van der Waals surface area contributed by atoms with Crippen LogP contribution in [-0.2, 0) is 20.7 Å². The van der Waals surface area contributed by atoms with E-state index in [0.29, 0.717) is 37.4 Å². The molecule has 0 radical (unpaired) electrons. The number of benzene rings is 1. The highest BCUT2D eigenvalue weighted by Crippen LogP contribution is 2.55. The fraction of sp³-hybridized carbons (Fsp3) is 0.583. The molecule has 9 heteroatoms. The van der Waals surface area contributed by atoms with E-state index in [0.717, 1.165) is 24.2 Å². The second kappa shape index (κ2) is 8.13. The number of nitrogens with zero attached hydrogens (tertiary/aromatic N) is 3. The molecule has 0 aliphatic carbocycles. The molecule has 1 aromatic carbocycles. The van der Waals surface area contributed by atoms with Crippen LogP contribution < -0.4 is 4.74 Å². The summed E-state index contributed by atoms with van der Waals surface area (Å²) in [6, 6.07) is 7.81. The molecular formula is C24H29N3O6. The molecule has 1 N–H and O–H groups in total. The zero-order chi connectivity index (χ0) is 23.2. The summed E-state index contributed by atoms with van der Waals surface area (Å²) in [6.45, 7) is 4.86. The van der Waals surface area contributed by atoms with Gasteiger partial charge in [-0.15, -0.1) is 0 Å². The number of likely N-dealkylation sites (tertiary alicyclic amines) is 1. The number of hydrogen-bond acceptors (Lipinski definition) is 7. The van der Waals surface area contributed by atoms with Gasteiger partial charge in [0.1, 0.15) is 22.7 Å². The number of para-hydroxylation sites is 1. The summed E-state index contributed by atoms with van der Waals surface area (Å²) in [6.07, 6.45) is 2.76. The maximum atomic E-state index is 13.3. The van der Waals surface area contributed by atoms with E-state index in [1.165, 1.54) is 0 Å². The van der Waals surface area contributed by atoms with Gasteiger partial charge >= 0.3 is 5.97 Å². The van der Waals surface area contributed by atoms with Gasteiger partial charge in [0.2, 0.25) is 5.91 Å². The first-order chi connectivity index (χ1) is 15.8. The van der Waals surface area contributed by atoms with Crippen LogP contribution in [0.5, 0.6) is 5.75 Å². The average Bonchev–Trinajstić information content (AvgIpc) is 3.39. The van der Waals surface area contributed by atoms with Crippen LogP contribution in [0.2, 0.25) is 0 Å². The molecule has 9 nitrogen and oxygen atoms in total. The van der Waals surface area contributed by atoms with Crippen molar-refractivity contribution in [3.05, 3.63) is 41.2 Å². The van der Waals surface area contributed by atoms with Crippen molar-refractivity contribution in [1.29, 1.82) is 0 Å². The quantitative estimate of drug-likeness (QED) is 0.731. The lowest BCUT2D eigenvalue weighted by atomic mass is 9.68. The normalized spacial score (nSPS) is 30.5. The molecule has 176 valence electrons. The van der Waals surface area contributed by atoms with Crippen LogP contribution >= 0.6 is 0 Å². The predicted octanol–water partition coefficient (Wildman–Crippen LogP) is 3.08. The van der Waals surface area contributed by atoms with Crippen molar-refractivity contribution in [1.82, 2.24) is 15.2 Å². The van der Waals surface area contributed by atoms with Crippen LogP contribution in [0.25, 0.3) is 0 Å². The molecule has 1 spiro atoms. The second-order valence-corrected chi connectivity index (χ2v) is 9.73. The van der Waals surface area contributed by atoms with Crippen molar-refractivity contribution in [3.63, 3.8) is 0 Å². The predicted molar refractivity (Wildman–Crippen MR) is 116 cm³/mol. The smallest absolute Gasteiger partial charge is 0.303 e. The Bertz CT molecular complexity index is 1070. The van der Waals surface area contributed by atoms with Gasteiger partial charge < -0.3 is 19.5 Å². The molecule has 2 fully saturated rings. The van der Waals surface area contributed by atoms with Crippen LogP contribution in [0.1, 0.15) is 62.1 Å². The summed E-state index contributed by atoms with van der Waals surface area (Å²) in [5.41, 5.74) is 1.01. The number of carbonyl (C=O) groups excluding carboxylic acids is 1. The Morgan fingerprint density at radius 1 is 1.27 bits per heavy atom. The van der Waals surface area contributed by atoms with E-state index >= 15 is 0 Å². The van der Waals surface area contributed by atoms with E-state index in [4.69, 9.17) is 14.1 Å². The Balaban J connectivity index is 1.44. The lowest BCUT2D eigenvalue weighted by Crippen LogP contribution is -2.60. The van der Waals surface area contributed by atoms with Crippen LogP contribution in [0.15, 0.2) is 28.9 Å². The summed E-state index contributed by atoms with van der Waals surface area (Å²) >= 11 is 0. The first kappa shape index (κ1) is 21.9. The standard InChI is InChI=1S/C24H29N3O6/c1-15-18(26-33-25-15)12-20(28)27-11-5-9-24(27)13-17-22(31-14-24)16-6-3-4-7-19(16)32-23(17,2)10-8-21(29)30/h3-4,6-7,17,22H,5,8-14H2,1-2H3,(H,29,30)/t17-,22+,23+,24+/m1/s1. The third-order valence-electron chi connectivity index (χ3n) is 7.65. The van der Waals surface area contributed by atoms with E-state index in [1.54, 1.807) is 6.92 Å². The summed E-state index contributed by atoms with van der Waals surface area (Å²) in [5.74, 6) is -0.200. The third-order valence-corrected chi connectivity index (χ3v) is 7.65. The molecule has 33 heavy (non-hydrogen) atoms. The Kier molecular flexibility index (Phi) is 5.39. The Morgan fingerprint density at radius 3 is 2.85 bits per heavy atom. The summed E-state index contributed by atoms with van der Waals surface area (Å²) < 4.78 is 17.7. The van der Waals surface area contributed by atoms with Gasteiger partial charge in [-0.2, -0.15) is 0 Å². The van der Waals surface area contributed by atoms with Gasteiger partial charge in [0, 0.05) is 24.4 Å². The number of ether oxygens (including phenoxy) is 2. The molecule has 0 unspecified atom stereocenters. The number of amides is 1. The zero-order valence-corrected chi connectivity index (χ0v) is 19.0. The fourth-order valence-corrected chi connectivity index (χ4v) is 5.84. The van der Waals surface area contributed by atoms with Gasteiger partial charge in [-0.1, -0.05) is 28.5 Å². The Morgan fingerprint density at radius 2 is 2.09 bits per heavy atom. The van der Waals surface area contributed by atoms with E-state index in [1.807, 2.05) is 36.1 Å². The zero-order valence-electron chi connectivity index (χ0n) is 19.0. The molecule has 0 saturated carbocycles. The number of aliphatic carboxylic acids is 1. The van der Waals surface area contributed by atoms with Crippen molar-refractivity contribution in [3.8, 4) is 5.75 Å². The molecule has 5 rings (SSSR count). The van der Waals surface area contributed by atoms with Crippen molar-refractivity contribution >= 4 is 11.9 Å². The third kappa shape index (κ3) is 3.78. The minimum absolute atomic E-state index is 0.00989. The minimum atomic E-state index is -0.851. The number of carboxylic acids is 1. The molecule has 0 bridgehead atoms. The molecule has 3 aliphatic heterocycles. The SMILES string of the molecule is Cc1nonc1CC(=O)N1CCC[C@]12CO[C@H]1c3ccccc3O[C@@](C)(CCC(=O)O)[C@@H]1C2. The average molecular weight is 456 g/mol. The number of fused-ring (bicyclic) bond motifs is 3. The molecule has 3 aliphatic rings. The molecule has 1 aromatic heterocycles. The fourth-order valence-electron chi connectivity index (χ4n) is 5.84. The van der Waals surface area contributed by atoms with Crippen molar-refractivity contribution in [2.75, 3.05) is 13.2 Å². The maximum absolute atomic E-state index is 13.3. The van der Waals surface area contributed by atoms with E-state index < -0.39 is 17.1 Å². The second-order valence-electron chi connectivity index (χ2n) is 9.73. The first-order valence-electron chi connectivity index (χ1n) is 11.5. The topological polar surface area (TPSA) is 115 Å². The highest BCUT2D eigenvalue weighted by molar-refractivity contribution is 5.79. The number of carbonyl (C=O) groups is 2. The Labute approximate surface area is 192 Å². The molecule has 4 heterocycles. The van der Waals surface area contributed by atoms with Crippen molar-refractivity contribution in [2.24, 2.45) is 5.92 Å². The Hall–Kier alpha value is -2.94. The number of aromatic nitrogens is 2. The van der Waals surface area contributed by atoms with Crippen LogP contribution in [0.3, 0.4) is 0 Å². The van der Waals surface area contributed by atoms with Crippen LogP contribution in [-0.4, -0.2) is 56.5 Å². The van der Waals surface area contributed by atoms with Gasteiger partial charge in [-0.3, -0.25) is 9.59 Å². The lowest BCUT2D eigenvalue weighted by Gasteiger charge is -2.54. The first-order valence-corrected chi connectivity index (χ1v) is 11.5. The van der Waals surface area contributed by atoms with E-state index in [-0.39, 0.29) is 30.8 Å². The van der Waals surface area contributed by atoms with E-state index in [2.05, 4.69) is 10.3 Å². The molecule has 2 saturated heterocycles. The summed E-state index contributed by atoms with van der Waals surface area (Å²) in [7, 11) is 0. The maximum Gasteiger partial charge on any atom is 0.303 e. The molecule has 2 aromatic rings. The van der Waals surface area contributed by atoms with Crippen LogP contribution in [0.4, 0.5) is 0 Å². The lowest BCUT2D eigenvalue weighted by molar-refractivity contribution is -0.179. The van der Waals surface area contributed by atoms with Crippen molar-refractivity contribution in [2.45, 2.75) is 69.6 Å². The molecule has 4 atom stereocenters. The molecule has 1 amide bonds. The number of aryl methyl sites for hydroxylation is 1. The van der Waals surface area contributed by atoms with Gasteiger partial charge in [0.25, 0.3) is 0 Å². The van der Waals surface area contributed by atoms with Gasteiger partial charge in [0.15, 0.2) is 0 Å². The molecular weight excluding hydrogens is 426 g/mol.